The van der Waals surface area contributed by atoms with Crippen LogP contribution in [0.15, 0.2) is 12.4 Å². The molecule has 1 heterocycles. The molecule has 1 rings (SSSR count). The summed E-state index contributed by atoms with van der Waals surface area (Å²) in [6.45, 7) is 4.61. The van der Waals surface area contributed by atoms with Crippen molar-refractivity contribution in [1.82, 2.24) is 14.7 Å². The predicted octanol–water partition coefficient (Wildman–Crippen LogP) is 0.526. The van der Waals surface area contributed by atoms with Crippen molar-refractivity contribution in [2.24, 2.45) is 0 Å². The van der Waals surface area contributed by atoms with Gasteiger partial charge >= 0.3 is 0 Å². The standard InChI is InChI=1S/C10H18N4O2S/c1-3-17(15,16)14-6-4-5-11-10-7-9(2)12-8-13-10/h7-8,14H,3-6H2,1-2H3,(H,11,12,13). The molecule has 0 radical (unpaired) electrons. The van der Waals surface area contributed by atoms with Gasteiger partial charge in [-0.15, -0.1) is 0 Å². The Bertz CT molecular complexity index is 447. The van der Waals surface area contributed by atoms with Gasteiger partial charge in [0.2, 0.25) is 10.0 Å². The molecule has 1 aromatic rings. The number of hydrogen-bond acceptors (Lipinski definition) is 5. The average molecular weight is 258 g/mol. The molecule has 0 saturated heterocycles. The molecule has 1 aromatic heterocycles. The van der Waals surface area contributed by atoms with E-state index in [1.807, 2.05) is 13.0 Å². The summed E-state index contributed by atoms with van der Waals surface area (Å²) in [5.74, 6) is 0.877. The Labute approximate surface area is 102 Å². The lowest BCUT2D eigenvalue weighted by Crippen LogP contribution is -2.27. The van der Waals surface area contributed by atoms with E-state index in [0.29, 0.717) is 19.5 Å². The minimum atomic E-state index is -3.07. The highest BCUT2D eigenvalue weighted by atomic mass is 32.2. The summed E-state index contributed by atoms with van der Waals surface area (Å²) in [5.41, 5.74) is 0.897. The molecule has 0 aliphatic carbocycles. The third kappa shape index (κ3) is 5.60. The van der Waals surface area contributed by atoms with Crippen LogP contribution in [0.25, 0.3) is 0 Å². The molecule has 0 bridgehead atoms. The normalized spacial score (nSPS) is 11.4. The van der Waals surface area contributed by atoms with E-state index in [1.54, 1.807) is 6.92 Å². The molecule has 7 heteroatoms. The van der Waals surface area contributed by atoms with Gasteiger partial charge < -0.3 is 5.32 Å². The van der Waals surface area contributed by atoms with Gasteiger partial charge in [0, 0.05) is 24.8 Å². The van der Waals surface area contributed by atoms with Gasteiger partial charge in [0.1, 0.15) is 12.1 Å². The lowest BCUT2D eigenvalue weighted by Gasteiger charge is -2.06. The molecule has 0 spiro atoms. The van der Waals surface area contributed by atoms with Crippen molar-refractivity contribution in [3.8, 4) is 0 Å². The number of sulfonamides is 1. The minimum absolute atomic E-state index is 0.117. The van der Waals surface area contributed by atoms with Crippen molar-refractivity contribution in [3.63, 3.8) is 0 Å². The molecule has 0 saturated carbocycles. The highest BCUT2D eigenvalue weighted by molar-refractivity contribution is 7.89. The maximum Gasteiger partial charge on any atom is 0.211 e. The Morgan fingerprint density at radius 1 is 1.29 bits per heavy atom. The molecule has 0 atom stereocenters. The van der Waals surface area contributed by atoms with Crippen LogP contribution in [0.4, 0.5) is 5.82 Å². The van der Waals surface area contributed by atoms with E-state index < -0.39 is 10.0 Å². The minimum Gasteiger partial charge on any atom is -0.370 e. The summed E-state index contributed by atoms with van der Waals surface area (Å²) in [7, 11) is -3.07. The summed E-state index contributed by atoms with van der Waals surface area (Å²) in [6.07, 6.45) is 2.21. The number of anilines is 1. The second-order valence-electron chi connectivity index (χ2n) is 3.62. The van der Waals surface area contributed by atoms with Crippen molar-refractivity contribution in [2.75, 3.05) is 24.2 Å². The zero-order valence-corrected chi connectivity index (χ0v) is 10.9. The molecule has 6 nitrogen and oxygen atoms in total. The topological polar surface area (TPSA) is 84.0 Å². The van der Waals surface area contributed by atoms with E-state index in [0.717, 1.165) is 11.5 Å². The highest BCUT2D eigenvalue weighted by Crippen LogP contribution is 2.01. The molecular formula is C10H18N4O2S. The first kappa shape index (κ1) is 13.9. The maximum absolute atomic E-state index is 11.1. The molecule has 0 aliphatic rings. The summed E-state index contributed by atoms with van der Waals surface area (Å²) < 4.78 is 24.8. The Balaban J connectivity index is 2.21. The second kappa shape index (κ2) is 6.51. The van der Waals surface area contributed by atoms with Crippen LogP contribution in [0.1, 0.15) is 19.0 Å². The van der Waals surface area contributed by atoms with E-state index in [1.165, 1.54) is 6.33 Å². The zero-order chi connectivity index (χ0) is 12.7. The van der Waals surface area contributed by atoms with E-state index in [4.69, 9.17) is 0 Å². The van der Waals surface area contributed by atoms with E-state index in [9.17, 15) is 8.42 Å². The maximum atomic E-state index is 11.1. The van der Waals surface area contributed by atoms with E-state index in [2.05, 4.69) is 20.0 Å². The van der Waals surface area contributed by atoms with Crippen LogP contribution in [-0.4, -0.2) is 37.2 Å². The molecule has 17 heavy (non-hydrogen) atoms. The van der Waals surface area contributed by atoms with Crippen LogP contribution < -0.4 is 10.0 Å². The average Bonchev–Trinajstić information content (AvgIpc) is 2.29. The van der Waals surface area contributed by atoms with Crippen LogP contribution in [0, 0.1) is 6.92 Å². The smallest absolute Gasteiger partial charge is 0.211 e. The number of rotatable bonds is 7. The first-order valence-electron chi connectivity index (χ1n) is 5.53. The van der Waals surface area contributed by atoms with Crippen LogP contribution in [-0.2, 0) is 10.0 Å². The number of nitrogens with one attached hydrogen (secondary N) is 2. The molecule has 0 aromatic carbocycles. The lowest BCUT2D eigenvalue weighted by molar-refractivity contribution is 0.581. The van der Waals surface area contributed by atoms with Gasteiger partial charge in [-0.3, -0.25) is 0 Å². The molecule has 0 amide bonds. The van der Waals surface area contributed by atoms with Crippen molar-refractivity contribution in [2.45, 2.75) is 20.3 Å². The van der Waals surface area contributed by atoms with Crippen LogP contribution in [0.3, 0.4) is 0 Å². The molecule has 96 valence electrons. The van der Waals surface area contributed by atoms with E-state index in [-0.39, 0.29) is 5.75 Å². The fraction of sp³-hybridized carbons (Fsp3) is 0.600. The van der Waals surface area contributed by atoms with Gasteiger partial charge in [-0.05, 0) is 20.3 Å². The second-order valence-corrected chi connectivity index (χ2v) is 5.72. The Morgan fingerprint density at radius 2 is 2.06 bits per heavy atom. The summed E-state index contributed by atoms with van der Waals surface area (Å²) in [5, 5.41) is 3.10. The Kier molecular flexibility index (Phi) is 5.30. The lowest BCUT2D eigenvalue weighted by atomic mass is 10.4. The molecular weight excluding hydrogens is 240 g/mol. The summed E-state index contributed by atoms with van der Waals surface area (Å²) >= 11 is 0. The SMILES string of the molecule is CCS(=O)(=O)NCCCNc1cc(C)ncn1. The highest BCUT2D eigenvalue weighted by Gasteiger charge is 2.04. The van der Waals surface area contributed by atoms with Gasteiger partial charge in [-0.1, -0.05) is 0 Å². The van der Waals surface area contributed by atoms with Gasteiger partial charge in [0.15, 0.2) is 0 Å². The first-order valence-corrected chi connectivity index (χ1v) is 7.18. The van der Waals surface area contributed by atoms with Crippen LogP contribution in [0.5, 0.6) is 0 Å². The molecule has 2 N–H and O–H groups in total. The largest absolute Gasteiger partial charge is 0.370 e. The zero-order valence-electron chi connectivity index (χ0n) is 10.1. The monoisotopic (exact) mass is 258 g/mol. The number of aryl methyl sites for hydroxylation is 1. The summed E-state index contributed by atoms with van der Waals surface area (Å²) in [6, 6.07) is 1.84. The van der Waals surface area contributed by atoms with Gasteiger partial charge in [0.25, 0.3) is 0 Å². The third-order valence-electron chi connectivity index (χ3n) is 2.17. The number of nitrogens with zero attached hydrogens (tertiary/aromatic N) is 2. The Morgan fingerprint density at radius 3 is 2.71 bits per heavy atom. The van der Waals surface area contributed by atoms with Crippen molar-refractivity contribution >= 4 is 15.8 Å². The van der Waals surface area contributed by atoms with Gasteiger partial charge in [0.05, 0.1) is 5.75 Å². The van der Waals surface area contributed by atoms with Crippen molar-refractivity contribution in [1.29, 1.82) is 0 Å². The molecule has 0 fully saturated rings. The van der Waals surface area contributed by atoms with E-state index >= 15 is 0 Å². The fourth-order valence-electron chi connectivity index (χ4n) is 1.19. The van der Waals surface area contributed by atoms with Crippen molar-refractivity contribution < 1.29 is 8.42 Å². The van der Waals surface area contributed by atoms with Gasteiger partial charge in [-0.25, -0.2) is 23.1 Å². The van der Waals surface area contributed by atoms with Crippen molar-refractivity contribution in [3.05, 3.63) is 18.1 Å². The number of aromatic nitrogens is 2. The molecule has 0 aliphatic heterocycles. The third-order valence-corrected chi connectivity index (χ3v) is 3.57. The van der Waals surface area contributed by atoms with Crippen LogP contribution >= 0.6 is 0 Å². The number of hydrogen-bond donors (Lipinski definition) is 2. The van der Waals surface area contributed by atoms with Crippen LogP contribution in [0.2, 0.25) is 0 Å². The summed E-state index contributed by atoms with van der Waals surface area (Å²) in [4.78, 5) is 8.03. The first-order chi connectivity index (χ1) is 8.03. The predicted molar refractivity (Wildman–Crippen MR) is 67.3 cm³/mol. The Hall–Kier alpha value is -1.21. The molecule has 0 unspecified atom stereocenters. The quantitative estimate of drug-likeness (QED) is 0.697. The van der Waals surface area contributed by atoms with Gasteiger partial charge in [-0.2, -0.15) is 0 Å². The fourth-order valence-corrected chi connectivity index (χ4v) is 1.85.